The normalized spacial score (nSPS) is 14.3. The van der Waals surface area contributed by atoms with Crippen molar-refractivity contribution in [1.82, 2.24) is 0 Å². The Morgan fingerprint density at radius 1 is 0.788 bits per heavy atom. The van der Waals surface area contributed by atoms with Crippen LogP contribution in [0, 0.1) is 6.92 Å². The number of carboxylic acids is 1. The molecule has 3 aromatic rings. The number of aryl methyl sites for hydroxylation is 1. The SMILES string of the molecule is Cc1cc(C(=O)O)c(O)cc1N=Nc1ccc(N=Nc2ccc(N3CCCCC3)cc2)cc1. The molecule has 0 saturated carbocycles. The van der Waals surface area contributed by atoms with E-state index in [2.05, 4.69) is 37.5 Å². The number of aromatic hydroxyl groups is 1. The van der Waals surface area contributed by atoms with E-state index in [1.54, 1.807) is 31.2 Å². The predicted octanol–water partition coefficient (Wildman–Crippen LogP) is 7.22. The highest BCUT2D eigenvalue weighted by Gasteiger charge is 2.12. The van der Waals surface area contributed by atoms with Crippen molar-refractivity contribution in [3.63, 3.8) is 0 Å². The van der Waals surface area contributed by atoms with Crippen LogP contribution in [0.5, 0.6) is 5.75 Å². The first kappa shape index (κ1) is 22.1. The summed E-state index contributed by atoms with van der Waals surface area (Å²) in [5.74, 6) is -1.54. The van der Waals surface area contributed by atoms with Gasteiger partial charge in [-0.2, -0.15) is 20.5 Å². The lowest BCUT2D eigenvalue weighted by Gasteiger charge is -2.28. The second-order valence-electron chi connectivity index (χ2n) is 7.94. The number of aromatic carboxylic acids is 1. The lowest BCUT2D eigenvalue weighted by molar-refractivity contribution is 0.0693. The summed E-state index contributed by atoms with van der Waals surface area (Å²) in [4.78, 5) is 13.5. The molecule has 1 fully saturated rings. The zero-order valence-corrected chi connectivity index (χ0v) is 18.3. The maximum Gasteiger partial charge on any atom is 0.339 e. The van der Waals surface area contributed by atoms with Crippen LogP contribution in [0.3, 0.4) is 0 Å². The largest absolute Gasteiger partial charge is 0.507 e. The molecule has 0 spiro atoms. The molecule has 4 rings (SSSR count). The zero-order valence-electron chi connectivity index (χ0n) is 18.3. The van der Waals surface area contributed by atoms with Gasteiger partial charge < -0.3 is 15.1 Å². The minimum Gasteiger partial charge on any atom is -0.507 e. The molecule has 168 valence electrons. The van der Waals surface area contributed by atoms with Gasteiger partial charge in [-0.25, -0.2) is 4.79 Å². The van der Waals surface area contributed by atoms with Crippen LogP contribution in [0.2, 0.25) is 0 Å². The Labute approximate surface area is 191 Å². The molecule has 1 aliphatic rings. The average molecular weight is 444 g/mol. The molecule has 1 heterocycles. The molecule has 0 unspecified atom stereocenters. The average Bonchev–Trinajstić information content (AvgIpc) is 2.84. The van der Waals surface area contributed by atoms with Gasteiger partial charge >= 0.3 is 5.97 Å². The maximum absolute atomic E-state index is 11.1. The van der Waals surface area contributed by atoms with Crippen molar-refractivity contribution >= 4 is 34.4 Å². The zero-order chi connectivity index (χ0) is 23.2. The molecule has 3 aromatic carbocycles. The summed E-state index contributed by atoms with van der Waals surface area (Å²) in [6.07, 6.45) is 3.80. The molecular formula is C25H25N5O3. The van der Waals surface area contributed by atoms with Crippen molar-refractivity contribution in [3.05, 3.63) is 71.8 Å². The summed E-state index contributed by atoms with van der Waals surface area (Å²) in [5, 5.41) is 35.8. The van der Waals surface area contributed by atoms with Crippen LogP contribution < -0.4 is 4.90 Å². The first-order valence-corrected chi connectivity index (χ1v) is 10.8. The molecule has 0 bridgehead atoms. The van der Waals surface area contributed by atoms with Gasteiger partial charge in [0.25, 0.3) is 0 Å². The van der Waals surface area contributed by atoms with Crippen molar-refractivity contribution < 1.29 is 15.0 Å². The van der Waals surface area contributed by atoms with Gasteiger partial charge in [-0.05, 0) is 86.3 Å². The topological polar surface area (TPSA) is 110 Å². The second-order valence-corrected chi connectivity index (χ2v) is 7.94. The van der Waals surface area contributed by atoms with Crippen LogP contribution in [0.15, 0.2) is 81.1 Å². The van der Waals surface area contributed by atoms with Gasteiger partial charge in [0.2, 0.25) is 0 Å². The Kier molecular flexibility index (Phi) is 6.73. The third-order valence-electron chi connectivity index (χ3n) is 5.52. The van der Waals surface area contributed by atoms with Crippen LogP contribution in [0.4, 0.5) is 28.4 Å². The second kappa shape index (κ2) is 10.0. The van der Waals surface area contributed by atoms with Gasteiger partial charge in [0.1, 0.15) is 11.3 Å². The highest BCUT2D eigenvalue weighted by Crippen LogP contribution is 2.30. The van der Waals surface area contributed by atoms with Crippen molar-refractivity contribution in [3.8, 4) is 5.75 Å². The highest BCUT2D eigenvalue weighted by atomic mass is 16.4. The first-order valence-electron chi connectivity index (χ1n) is 10.8. The summed E-state index contributed by atoms with van der Waals surface area (Å²) in [7, 11) is 0. The molecule has 8 heteroatoms. The summed E-state index contributed by atoms with van der Waals surface area (Å²) >= 11 is 0. The molecule has 0 atom stereocenters. The number of hydrogen-bond acceptors (Lipinski definition) is 7. The van der Waals surface area contributed by atoms with Gasteiger partial charge in [0.05, 0.1) is 22.7 Å². The van der Waals surface area contributed by atoms with Crippen LogP contribution in [0.25, 0.3) is 0 Å². The predicted molar refractivity (Wildman–Crippen MR) is 127 cm³/mol. The lowest BCUT2D eigenvalue weighted by Crippen LogP contribution is -2.29. The lowest BCUT2D eigenvalue weighted by atomic mass is 10.1. The van der Waals surface area contributed by atoms with Crippen LogP contribution in [0.1, 0.15) is 35.2 Å². The fraction of sp³-hybridized carbons (Fsp3) is 0.240. The van der Waals surface area contributed by atoms with Crippen molar-refractivity contribution in [2.75, 3.05) is 18.0 Å². The number of anilines is 1. The number of carbonyl (C=O) groups is 1. The number of hydrogen-bond donors (Lipinski definition) is 2. The first-order chi connectivity index (χ1) is 16.0. The smallest absolute Gasteiger partial charge is 0.339 e. The molecule has 0 amide bonds. The Balaban J connectivity index is 1.40. The molecule has 1 saturated heterocycles. The molecular weight excluding hydrogens is 418 g/mol. The molecule has 1 aliphatic heterocycles. The highest BCUT2D eigenvalue weighted by molar-refractivity contribution is 5.91. The van der Waals surface area contributed by atoms with Crippen LogP contribution in [-0.4, -0.2) is 29.3 Å². The summed E-state index contributed by atoms with van der Waals surface area (Å²) < 4.78 is 0. The van der Waals surface area contributed by atoms with E-state index >= 15 is 0 Å². The third kappa shape index (κ3) is 5.60. The summed E-state index contributed by atoms with van der Waals surface area (Å²) in [6, 6.07) is 17.9. The standard InChI is InChI=1S/C25H25N5O3/c1-17-15-22(25(32)33)24(31)16-23(17)29-28-19-7-5-18(6-8-19)26-27-20-9-11-21(12-10-20)30-13-3-2-4-14-30/h5-12,15-16,31H,2-4,13-14H2,1H3,(H,32,33). The molecule has 33 heavy (non-hydrogen) atoms. The van der Waals surface area contributed by atoms with E-state index in [4.69, 9.17) is 5.11 Å². The molecule has 0 radical (unpaired) electrons. The Morgan fingerprint density at radius 3 is 1.85 bits per heavy atom. The summed E-state index contributed by atoms with van der Waals surface area (Å²) in [5.41, 5.74) is 4.14. The van der Waals surface area contributed by atoms with E-state index in [0.29, 0.717) is 22.6 Å². The Hall–Kier alpha value is -4.07. The van der Waals surface area contributed by atoms with Gasteiger partial charge in [-0.15, -0.1) is 0 Å². The minimum absolute atomic E-state index is 0.165. The van der Waals surface area contributed by atoms with E-state index in [9.17, 15) is 9.90 Å². The maximum atomic E-state index is 11.1. The van der Waals surface area contributed by atoms with Crippen molar-refractivity contribution in [1.29, 1.82) is 0 Å². The van der Waals surface area contributed by atoms with Gasteiger partial charge in [-0.3, -0.25) is 0 Å². The fourth-order valence-corrected chi connectivity index (χ4v) is 3.66. The molecule has 2 N–H and O–H groups in total. The quantitative estimate of drug-likeness (QED) is 0.392. The van der Waals surface area contributed by atoms with E-state index < -0.39 is 5.97 Å². The monoisotopic (exact) mass is 443 g/mol. The number of carboxylic acid groups (broad SMARTS) is 1. The van der Waals surface area contributed by atoms with E-state index in [1.807, 2.05) is 12.1 Å². The van der Waals surface area contributed by atoms with Crippen molar-refractivity contribution in [2.45, 2.75) is 26.2 Å². The Morgan fingerprint density at radius 2 is 1.30 bits per heavy atom. The van der Waals surface area contributed by atoms with Gasteiger partial charge in [0, 0.05) is 24.8 Å². The molecule has 0 aromatic heterocycles. The number of benzene rings is 3. The van der Waals surface area contributed by atoms with E-state index in [-0.39, 0.29) is 11.3 Å². The van der Waals surface area contributed by atoms with Gasteiger partial charge in [-0.1, -0.05) is 0 Å². The third-order valence-corrected chi connectivity index (χ3v) is 5.52. The molecule has 8 nitrogen and oxygen atoms in total. The Bertz CT molecular complexity index is 1180. The number of piperidine rings is 1. The van der Waals surface area contributed by atoms with Crippen molar-refractivity contribution in [2.24, 2.45) is 20.5 Å². The number of azo groups is 2. The van der Waals surface area contributed by atoms with Gasteiger partial charge in [0.15, 0.2) is 0 Å². The minimum atomic E-state index is -1.19. The fourth-order valence-electron chi connectivity index (χ4n) is 3.66. The van der Waals surface area contributed by atoms with E-state index in [1.165, 1.54) is 37.1 Å². The number of nitrogens with zero attached hydrogens (tertiary/aromatic N) is 5. The van der Waals surface area contributed by atoms with E-state index in [0.717, 1.165) is 18.8 Å². The van der Waals surface area contributed by atoms with Crippen LogP contribution >= 0.6 is 0 Å². The number of rotatable bonds is 6. The number of phenols is 1. The molecule has 0 aliphatic carbocycles. The summed E-state index contributed by atoms with van der Waals surface area (Å²) in [6.45, 7) is 3.93. The van der Waals surface area contributed by atoms with Crippen LogP contribution in [-0.2, 0) is 0 Å².